The second-order valence-electron chi connectivity index (χ2n) is 8.07. The molecule has 0 spiro atoms. The maximum absolute atomic E-state index is 11.5. The average Bonchev–Trinajstić information content (AvgIpc) is 2.79. The monoisotopic (exact) mass is 426 g/mol. The predicted molar refractivity (Wildman–Crippen MR) is 116 cm³/mol. The van der Waals surface area contributed by atoms with Crippen molar-refractivity contribution in [1.82, 2.24) is 4.90 Å². The Labute approximate surface area is 182 Å². The summed E-state index contributed by atoms with van der Waals surface area (Å²) < 4.78 is 18.2. The number of nitrogens with zero attached hydrogens (tertiary/aromatic N) is 1. The summed E-state index contributed by atoms with van der Waals surface area (Å²) in [6, 6.07) is 15.5. The van der Waals surface area contributed by atoms with Gasteiger partial charge in [0, 0.05) is 44.2 Å². The van der Waals surface area contributed by atoms with E-state index in [4.69, 9.17) is 14.2 Å². The van der Waals surface area contributed by atoms with Gasteiger partial charge in [-0.15, -0.1) is 0 Å². The van der Waals surface area contributed by atoms with E-state index in [0.29, 0.717) is 0 Å². The number of aliphatic hydroxyl groups excluding tert-OH is 1. The van der Waals surface area contributed by atoms with Gasteiger partial charge in [-0.2, -0.15) is 0 Å². The van der Waals surface area contributed by atoms with Crippen LogP contribution in [0.1, 0.15) is 42.4 Å². The molecule has 7 heteroatoms. The summed E-state index contributed by atoms with van der Waals surface area (Å²) >= 11 is 0. The van der Waals surface area contributed by atoms with E-state index in [2.05, 4.69) is 10.2 Å². The number of anilines is 1. The fourth-order valence-electron chi connectivity index (χ4n) is 4.07. The Morgan fingerprint density at radius 3 is 2.58 bits per heavy atom. The van der Waals surface area contributed by atoms with Gasteiger partial charge in [0.1, 0.15) is 0 Å². The molecular weight excluding hydrogens is 396 g/mol. The zero-order chi connectivity index (χ0) is 21.6. The molecule has 7 nitrogen and oxygen atoms in total. The summed E-state index contributed by atoms with van der Waals surface area (Å²) in [6.07, 6.45) is 0.0966. The lowest BCUT2D eigenvalue weighted by molar-refractivity contribution is -0.253. The van der Waals surface area contributed by atoms with Crippen molar-refractivity contribution in [2.75, 3.05) is 38.2 Å². The number of nitrogens with one attached hydrogen (secondary N) is 1. The minimum Gasteiger partial charge on any atom is -0.392 e. The molecule has 2 aromatic rings. The number of carbonyl (C=O) groups is 1. The lowest BCUT2D eigenvalue weighted by Gasteiger charge is -2.39. The second-order valence-corrected chi connectivity index (χ2v) is 8.07. The van der Waals surface area contributed by atoms with Gasteiger partial charge in [-0.25, -0.2) is 0 Å². The highest BCUT2D eigenvalue weighted by molar-refractivity contribution is 5.88. The van der Waals surface area contributed by atoms with Gasteiger partial charge in [0.2, 0.25) is 5.91 Å². The number of amides is 1. The molecule has 2 aromatic carbocycles. The molecule has 3 atom stereocenters. The second kappa shape index (κ2) is 10.3. The molecule has 2 heterocycles. The molecule has 31 heavy (non-hydrogen) atoms. The summed E-state index contributed by atoms with van der Waals surface area (Å²) in [6.45, 7) is 5.63. The van der Waals surface area contributed by atoms with E-state index in [-0.39, 0.29) is 24.7 Å². The third-order valence-electron chi connectivity index (χ3n) is 5.66. The maximum atomic E-state index is 11.5. The van der Waals surface area contributed by atoms with Gasteiger partial charge in [0.05, 0.1) is 32.0 Å². The highest BCUT2D eigenvalue weighted by atomic mass is 16.7. The lowest BCUT2D eigenvalue weighted by Crippen LogP contribution is -2.44. The zero-order valence-corrected chi connectivity index (χ0v) is 17.8. The van der Waals surface area contributed by atoms with Gasteiger partial charge in [0.25, 0.3) is 0 Å². The van der Waals surface area contributed by atoms with E-state index in [1.807, 2.05) is 48.5 Å². The fourth-order valence-corrected chi connectivity index (χ4v) is 4.07. The molecule has 166 valence electrons. The Balaban J connectivity index is 1.55. The molecule has 0 aliphatic carbocycles. The van der Waals surface area contributed by atoms with Crippen LogP contribution in [-0.2, 0) is 25.6 Å². The van der Waals surface area contributed by atoms with E-state index >= 15 is 0 Å². The summed E-state index contributed by atoms with van der Waals surface area (Å²) in [5.41, 5.74) is 3.53. The molecule has 2 N–H and O–H groups in total. The lowest BCUT2D eigenvalue weighted by atomic mass is 9.99. The first kappa shape index (κ1) is 21.9. The molecule has 4 rings (SSSR count). The number of carbonyl (C=O) groups excluding carboxylic acids is 1. The Bertz CT molecular complexity index is 867. The third-order valence-corrected chi connectivity index (χ3v) is 5.66. The van der Waals surface area contributed by atoms with Gasteiger partial charge >= 0.3 is 0 Å². The van der Waals surface area contributed by atoms with Gasteiger partial charge in [-0.1, -0.05) is 36.4 Å². The molecule has 2 aliphatic heterocycles. The van der Waals surface area contributed by atoms with Crippen LogP contribution in [-0.4, -0.2) is 54.9 Å². The first-order valence-electron chi connectivity index (χ1n) is 10.8. The van der Waals surface area contributed by atoms with Crippen LogP contribution in [0.5, 0.6) is 0 Å². The number of hydrogen-bond acceptors (Lipinski definition) is 6. The molecule has 0 aromatic heterocycles. The maximum Gasteiger partial charge on any atom is 0.221 e. The van der Waals surface area contributed by atoms with Gasteiger partial charge in [-0.3, -0.25) is 9.69 Å². The number of benzene rings is 2. The highest BCUT2D eigenvalue weighted by Gasteiger charge is 2.33. The molecule has 2 saturated heterocycles. The van der Waals surface area contributed by atoms with Crippen molar-refractivity contribution in [2.24, 2.45) is 0 Å². The number of ether oxygens (including phenoxy) is 3. The Kier molecular flexibility index (Phi) is 7.32. The Hall–Kier alpha value is -2.29. The van der Waals surface area contributed by atoms with Crippen LogP contribution in [0.15, 0.2) is 48.5 Å². The van der Waals surface area contributed by atoms with Crippen molar-refractivity contribution < 1.29 is 24.1 Å². The van der Waals surface area contributed by atoms with E-state index in [1.165, 1.54) is 6.92 Å². The Morgan fingerprint density at radius 1 is 1.10 bits per heavy atom. The number of morpholine rings is 1. The normalized spacial score (nSPS) is 24.6. The third kappa shape index (κ3) is 5.90. The van der Waals surface area contributed by atoms with Crippen LogP contribution in [0, 0.1) is 0 Å². The molecule has 2 aliphatic rings. The number of hydrogen-bond donors (Lipinski definition) is 2. The summed E-state index contributed by atoms with van der Waals surface area (Å²) in [5, 5.41) is 12.2. The number of rotatable bonds is 6. The minimum absolute atomic E-state index is 0.00351. The quantitative estimate of drug-likeness (QED) is 0.739. The smallest absolute Gasteiger partial charge is 0.221 e. The SMILES string of the molecule is CC(=O)Nc1cccc([C@@H]2O[C@H](CN3CCOCC3)C[C@H](c3ccc(CO)cc3)O2)c1. The topological polar surface area (TPSA) is 80.3 Å². The standard InChI is InChI=1S/C24H30N2O5/c1-17(28)25-21-4-2-3-20(13-21)24-30-22(15-26-9-11-29-12-10-26)14-23(31-24)19-7-5-18(16-27)6-8-19/h2-8,13,22-24,27H,9-12,14-16H2,1H3,(H,25,28)/t22-,23+,24+/m0/s1. The van der Waals surface area contributed by atoms with Crippen LogP contribution in [0.3, 0.4) is 0 Å². The van der Waals surface area contributed by atoms with E-state index in [0.717, 1.165) is 61.6 Å². The van der Waals surface area contributed by atoms with Crippen molar-refractivity contribution >= 4 is 11.6 Å². The van der Waals surface area contributed by atoms with E-state index < -0.39 is 6.29 Å². The van der Waals surface area contributed by atoms with E-state index in [9.17, 15) is 9.90 Å². The molecule has 1 amide bonds. The van der Waals surface area contributed by atoms with Gasteiger partial charge < -0.3 is 24.6 Å². The van der Waals surface area contributed by atoms with Crippen LogP contribution < -0.4 is 5.32 Å². The van der Waals surface area contributed by atoms with Crippen LogP contribution in [0.4, 0.5) is 5.69 Å². The van der Waals surface area contributed by atoms with Gasteiger partial charge in [0.15, 0.2) is 6.29 Å². The molecule has 0 unspecified atom stereocenters. The molecule has 0 bridgehead atoms. The molecular formula is C24H30N2O5. The van der Waals surface area contributed by atoms with Gasteiger partial charge in [-0.05, 0) is 23.3 Å². The first-order valence-corrected chi connectivity index (χ1v) is 10.8. The summed E-state index contributed by atoms with van der Waals surface area (Å²) in [7, 11) is 0. The van der Waals surface area contributed by atoms with Crippen LogP contribution in [0.25, 0.3) is 0 Å². The summed E-state index contributed by atoms with van der Waals surface area (Å²) in [5.74, 6) is -0.116. The Morgan fingerprint density at radius 2 is 1.87 bits per heavy atom. The van der Waals surface area contributed by atoms with Crippen LogP contribution in [0.2, 0.25) is 0 Å². The molecule has 0 radical (unpaired) electrons. The molecule has 2 fully saturated rings. The van der Waals surface area contributed by atoms with Crippen molar-refractivity contribution in [2.45, 2.75) is 38.4 Å². The molecule has 0 saturated carbocycles. The van der Waals surface area contributed by atoms with E-state index in [1.54, 1.807) is 0 Å². The average molecular weight is 427 g/mol. The predicted octanol–water partition coefficient (Wildman–Crippen LogP) is 3.01. The van der Waals surface area contributed by atoms with Crippen molar-refractivity contribution in [3.8, 4) is 0 Å². The fraction of sp³-hybridized carbons (Fsp3) is 0.458. The first-order chi connectivity index (χ1) is 15.1. The van der Waals surface area contributed by atoms with Crippen molar-refractivity contribution in [3.05, 3.63) is 65.2 Å². The van der Waals surface area contributed by atoms with Crippen molar-refractivity contribution in [3.63, 3.8) is 0 Å². The summed E-state index contributed by atoms with van der Waals surface area (Å²) in [4.78, 5) is 13.8. The largest absolute Gasteiger partial charge is 0.392 e. The minimum atomic E-state index is -0.531. The highest BCUT2D eigenvalue weighted by Crippen LogP contribution is 2.38. The zero-order valence-electron chi connectivity index (χ0n) is 17.8. The number of aliphatic hydroxyl groups is 1. The van der Waals surface area contributed by atoms with Crippen LogP contribution >= 0.6 is 0 Å². The van der Waals surface area contributed by atoms with Crippen molar-refractivity contribution in [1.29, 1.82) is 0 Å².